The Morgan fingerprint density at radius 3 is 2.45 bits per heavy atom. The van der Waals surface area contributed by atoms with E-state index in [1.807, 2.05) is 13.8 Å². The van der Waals surface area contributed by atoms with Crippen molar-refractivity contribution >= 4 is 11.7 Å². The fourth-order valence-electron chi connectivity index (χ4n) is 2.14. The van der Waals surface area contributed by atoms with Crippen molar-refractivity contribution in [3.63, 3.8) is 0 Å². The summed E-state index contributed by atoms with van der Waals surface area (Å²) in [6, 6.07) is 4.51. The van der Waals surface area contributed by atoms with Crippen LogP contribution in [0.25, 0.3) is 0 Å². The van der Waals surface area contributed by atoms with E-state index in [0.29, 0.717) is 24.0 Å². The van der Waals surface area contributed by atoms with E-state index in [1.54, 1.807) is 13.0 Å². The standard InChI is InChI=1S/C14H21N3O3/c1-4-14(5-2,13(15)17-20)16-12(19)11-7-6-10(18)8-9(11)3/h6-8,18,20H,4-5H2,1-3H3,(H2,15,17)(H,16,19). The van der Waals surface area contributed by atoms with Crippen LogP contribution in [0, 0.1) is 6.92 Å². The molecule has 6 heteroatoms. The maximum absolute atomic E-state index is 12.3. The second-order valence-electron chi connectivity index (χ2n) is 4.73. The van der Waals surface area contributed by atoms with Gasteiger partial charge in [-0.3, -0.25) is 4.79 Å². The number of amidine groups is 1. The smallest absolute Gasteiger partial charge is 0.252 e. The van der Waals surface area contributed by atoms with E-state index in [9.17, 15) is 9.90 Å². The van der Waals surface area contributed by atoms with E-state index in [4.69, 9.17) is 10.9 Å². The molecule has 1 rings (SSSR count). The highest BCUT2D eigenvalue weighted by molar-refractivity contribution is 6.01. The summed E-state index contributed by atoms with van der Waals surface area (Å²) in [5.41, 5.74) is 5.93. The van der Waals surface area contributed by atoms with Crippen molar-refractivity contribution in [3.05, 3.63) is 29.3 Å². The first-order valence-electron chi connectivity index (χ1n) is 6.50. The monoisotopic (exact) mass is 279 g/mol. The number of phenolic OH excluding ortho intramolecular Hbond substituents is 1. The molecule has 6 nitrogen and oxygen atoms in total. The van der Waals surface area contributed by atoms with Crippen LogP contribution < -0.4 is 11.1 Å². The second-order valence-corrected chi connectivity index (χ2v) is 4.73. The number of nitrogens with zero attached hydrogens (tertiary/aromatic N) is 1. The third kappa shape index (κ3) is 3.01. The molecule has 0 spiro atoms. The molecule has 110 valence electrons. The van der Waals surface area contributed by atoms with Crippen LogP contribution >= 0.6 is 0 Å². The molecule has 0 aliphatic carbocycles. The van der Waals surface area contributed by atoms with E-state index in [2.05, 4.69) is 10.5 Å². The van der Waals surface area contributed by atoms with Crippen LogP contribution in [-0.2, 0) is 0 Å². The van der Waals surface area contributed by atoms with Gasteiger partial charge in [0.2, 0.25) is 0 Å². The van der Waals surface area contributed by atoms with Crippen molar-refractivity contribution < 1.29 is 15.1 Å². The van der Waals surface area contributed by atoms with Crippen molar-refractivity contribution in [3.8, 4) is 5.75 Å². The maximum atomic E-state index is 12.3. The Bertz CT molecular complexity index is 522. The average molecular weight is 279 g/mol. The van der Waals surface area contributed by atoms with Crippen LogP contribution in [0.15, 0.2) is 23.4 Å². The van der Waals surface area contributed by atoms with Crippen LogP contribution in [0.3, 0.4) is 0 Å². The molecular weight excluding hydrogens is 258 g/mol. The van der Waals surface area contributed by atoms with Gasteiger partial charge >= 0.3 is 0 Å². The van der Waals surface area contributed by atoms with Gasteiger partial charge in [-0.1, -0.05) is 19.0 Å². The lowest BCUT2D eigenvalue weighted by Gasteiger charge is -2.31. The minimum atomic E-state index is -0.879. The highest BCUT2D eigenvalue weighted by atomic mass is 16.4. The van der Waals surface area contributed by atoms with E-state index < -0.39 is 5.54 Å². The van der Waals surface area contributed by atoms with Crippen molar-refractivity contribution in [1.29, 1.82) is 0 Å². The van der Waals surface area contributed by atoms with Crippen molar-refractivity contribution in [2.24, 2.45) is 10.9 Å². The number of aryl methyl sites for hydroxylation is 1. The molecule has 0 bridgehead atoms. The van der Waals surface area contributed by atoms with E-state index in [-0.39, 0.29) is 17.5 Å². The molecule has 0 fully saturated rings. The van der Waals surface area contributed by atoms with Gasteiger partial charge in [0.15, 0.2) is 5.84 Å². The van der Waals surface area contributed by atoms with Gasteiger partial charge in [0.1, 0.15) is 11.3 Å². The zero-order chi connectivity index (χ0) is 15.3. The molecule has 0 aliphatic rings. The van der Waals surface area contributed by atoms with Gasteiger partial charge in [-0.15, -0.1) is 0 Å². The lowest BCUT2D eigenvalue weighted by Crippen LogP contribution is -2.57. The number of hydrogen-bond donors (Lipinski definition) is 4. The van der Waals surface area contributed by atoms with Gasteiger partial charge in [-0.05, 0) is 43.5 Å². The lowest BCUT2D eigenvalue weighted by atomic mass is 9.90. The molecule has 0 aromatic heterocycles. The van der Waals surface area contributed by atoms with Crippen molar-refractivity contribution in [2.75, 3.05) is 0 Å². The van der Waals surface area contributed by atoms with Crippen LogP contribution in [0.1, 0.15) is 42.6 Å². The number of nitrogens with two attached hydrogens (primary N) is 1. The summed E-state index contributed by atoms with van der Waals surface area (Å²) < 4.78 is 0. The number of carbonyl (C=O) groups is 1. The molecular formula is C14H21N3O3. The molecule has 1 aromatic carbocycles. The second kappa shape index (κ2) is 6.27. The van der Waals surface area contributed by atoms with E-state index in [1.165, 1.54) is 12.1 Å². The molecule has 0 aliphatic heterocycles. The Morgan fingerprint density at radius 1 is 1.40 bits per heavy atom. The van der Waals surface area contributed by atoms with Crippen molar-refractivity contribution in [1.82, 2.24) is 5.32 Å². The summed E-state index contributed by atoms with van der Waals surface area (Å²) in [6.07, 6.45) is 1.00. The number of oxime groups is 1. The average Bonchev–Trinajstić information content (AvgIpc) is 2.43. The number of carbonyl (C=O) groups excluding carboxylic acids is 1. The Balaban J connectivity index is 3.09. The van der Waals surface area contributed by atoms with Gasteiger partial charge in [-0.2, -0.15) is 0 Å². The largest absolute Gasteiger partial charge is 0.508 e. The number of benzene rings is 1. The summed E-state index contributed by atoms with van der Waals surface area (Å²) >= 11 is 0. The Labute approximate surface area is 118 Å². The number of rotatable bonds is 5. The van der Waals surface area contributed by atoms with Crippen molar-refractivity contribution in [2.45, 2.75) is 39.2 Å². The number of phenols is 1. The third-order valence-electron chi connectivity index (χ3n) is 3.61. The Morgan fingerprint density at radius 2 is 2.00 bits per heavy atom. The predicted octanol–water partition coefficient (Wildman–Crippen LogP) is 1.74. The van der Waals surface area contributed by atoms with E-state index >= 15 is 0 Å². The fourth-order valence-corrected chi connectivity index (χ4v) is 2.14. The fraction of sp³-hybridized carbons (Fsp3) is 0.429. The predicted molar refractivity (Wildman–Crippen MR) is 77.0 cm³/mol. The Hall–Kier alpha value is -2.24. The molecule has 20 heavy (non-hydrogen) atoms. The molecule has 0 saturated carbocycles. The van der Waals surface area contributed by atoms with E-state index in [0.717, 1.165) is 0 Å². The first-order valence-corrected chi connectivity index (χ1v) is 6.50. The van der Waals surface area contributed by atoms with Gasteiger partial charge in [-0.25, -0.2) is 0 Å². The maximum Gasteiger partial charge on any atom is 0.252 e. The third-order valence-corrected chi connectivity index (χ3v) is 3.61. The molecule has 0 heterocycles. The van der Waals surface area contributed by atoms with Crippen LogP contribution in [0.4, 0.5) is 0 Å². The number of aromatic hydroxyl groups is 1. The highest BCUT2D eigenvalue weighted by Gasteiger charge is 2.33. The molecule has 1 aromatic rings. The minimum Gasteiger partial charge on any atom is -0.508 e. The number of nitrogens with one attached hydrogen (secondary N) is 1. The first kappa shape index (κ1) is 15.8. The molecule has 1 amide bonds. The van der Waals surface area contributed by atoms with Gasteiger partial charge in [0.25, 0.3) is 5.91 Å². The lowest BCUT2D eigenvalue weighted by molar-refractivity contribution is 0.0917. The van der Waals surface area contributed by atoms with Crippen LogP contribution in [-0.4, -0.2) is 27.6 Å². The number of amides is 1. The van der Waals surface area contributed by atoms with Gasteiger partial charge < -0.3 is 21.4 Å². The van der Waals surface area contributed by atoms with Crippen LogP contribution in [0.2, 0.25) is 0 Å². The Kier molecular flexibility index (Phi) is 4.96. The zero-order valence-electron chi connectivity index (χ0n) is 12.0. The molecule has 0 radical (unpaired) electrons. The molecule has 0 atom stereocenters. The van der Waals surface area contributed by atoms with Gasteiger partial charge in [0, 0.05) is 5.56 Å². The zero-order valence-corrected chi connectivity index (χ0v) is 12.0. The van der Waals surface area contributed by atoms with Crippen LogP contribution in [0.5, 0.6) is 5.75 Å². The molecule has 0 saturated heterocycles. The molecule has 0 unspecified atom stereocenters. The van der Waals surface area contributed by atoms with Gasteiger partial charge in [0.05, 0.1) is 0 Å². The first-order chi connectivity index (χ1) is 9.40. The summed E-state index contributed by atoms with van der Waals surface area (Å²) in [7, 11) is 0. The summed E-state index contributed by atoms with van der Waals surface area (Å²) in [4.78, 5) is 12.3. The minimum absolute atomic E-state index is 0.0210. The quantitative estimate of drug-likeness (QED) is 0.285. The summed E-state index contributed by atoms with van der Waals surface area (Å²) in [6.45, 7) is 5.44. The highest BCUT2D eigenvalue weighted by Crippen LogP contribution is 2.19. The SMILES string of the molecule is CCC(CC)(NC(=O)c1ccc(O)cc1C)/C(N)=N/O. The summed E-state index contributed by atoms with van der Waals surface area (Å²) in [5, 5.41) is 24.1. The molecule has 5 N–H and O–H groups in total. The summed E-state index contributed by atoms with van der Waals surface area (Å²) in [5.74, 6) is -0.238. The normalized spacial score (nSPS) is 12.2. The number of hydrogen-bond acceptors (Lipinski definition) is 4. The topological polar surface area (TPSA) is 108 Å².